The third kappa shape index (κ3) is 3.36. The van der Waals surface area contributed by atoms with Gasteiger partial charge in [0.2, 0.25) is 0 Å². The molecule has 0 N–H and O–H groups in total. The maximum absolute atomic E-state index is 3.78. The van der Waals surface area contributed by atoms with Crippen LogP contribution in [0.5, 0.6) is 0 Å². The van der Waals surface area contributed by atoms with Crippen LogP contribution in [0.2, 0.25) is 0 Å². The van der Waals surface area contributed by atoms with Crippen LogP contribution in [0.25, 0.3) is 4.91 Å². The van der Waals surface area contributed by atoms with Crippen LogP contribution in [0.3, 0.4) is 0 Å². The van der Waals surface area contributed by atoms with Crippen molar-refractivity contribution in [3.05, 3.63) is 85.0 Å². The van der Waals surface area contributed by atoms with Gasteiger partial charge >= 0.3 is 0 Å². The maximum Gasteiger partial charge on any atom is 0.0194 e. The van der Waals surface area contributed by atoms with E-state index in [1.165, 1.54) is 15.4 Å². The van der Waals surface area contributed by atoms with Crippen LogP contribution in [0.4, 0.5) is 0 Å². The quantitative estimate of drug-likeness (QED) is 0.533. The molecule has 0 bridgehead atoms. The molecule has 1 heteroatoms. The van der Waals surface area contributed by atoms with E-state index in [0.29, 0.717) is 0 Å². The van der Waals surface area contributed by atoms with E-state index < -0.39 is 0 Å². The Morgan fingerprint density at radius 3 is 2.06 bits per heavy atom. The summed E-state index contributed by atoms with van der Waals surface area (Å²) in [7, 11) is 0. The summed E-state index contributed by atoms with van der Waals surface area (Å²) < 4.78 is 0. The van der Waals surface area contributed by atoms with E-state index in [0.717, 1.165) is 0 Å². The molecule has 2 rings (SSSR count). The molecule has 0 aliphatic carbocycles. The zero-order valence-corrected chi connectivity index (χ0v) is 10.4. The number of allylic oxidation sites excluding steroid dienone is 2. The van der Waals surface area contributed by atoms with E-state index in [-0.39, 0.29) is 0 Å². The zero-order chi connectivity index (χ0) is 11.9. The number of hydrogen-bond acceptors (Lipinski definition) is 1. The van der Waals surface area contributed by atoms with Crippen LogP contribution in [-0.2, 0) is 0 Å². The standard InChI is InChI=1S/C16H14S/c1-2-9-16(14-10-5-3-6-11-14)17-15-12-7-4-8-13-15/h2-13H,1H2/b16-9-. The second kappa shape index (κ2) is 6.12. The molecule has 0 saturated heterocycles. The van der Waals surface area contributed by atoms with Gasteiger partial charge in [-0.3, -0.25) is 0 Å². The highest BCUT2D eigenvalue weighted by atomic mass is 32.2. The first-order valence-electron chi connectivity index (χ1n) is 5.51. The van der Waals surface area contributed by atoms with Gasteiger partial charge in [0.15, 0.2) is 0 Å². The lowest BCUT2D eigenvalue weighted by atomic mass is 10.2. The molecule has 84 valence electrons. The van der Waals surface area contributed by atoms with Crippen LogP contribution < -0.4 is 0 Å². The Bertz CT molecular complexity index is 498. The molecule has 0 nitrogen and oxygen atoms in total. The minimum Gasteiger partial charge on any atom is -0.0990 e. The van der Waals surface area contributed by atoms with E-state index in [1.54, 1.807) is 11.8 Å². The average Bonchev–Trinajstić information content (AvgIpc) is 2.40. The summed E-state index contributed by atoms with van der Waals surface area (Å²) in [6.07, 6.45) is 3.88. The Kier molecular flexibility index (Phi) is 4.23. The Labute approximate surface area is 107 Å². The molecule has 0 aliphatic rings. The lowest BCUT2D eigenvalue weighted by Crippen LogP contribution is -1.79. The normalized spacial score (nSPS) is 11.2. The molecule has 0 saturated carbocycles. The van der Waals surface area contributed by atoms with E-state index in [9.17, 15) is 0 Å². The molecule has 2 aromatic carbocycles. The van der Waals surface area contributed by atoms with Crippen molar-refractivity contribution in [1.29, 1.82) is 0 Å². The van der Waals surface area contributed by atoms with Crippen LogP contribution in [0.1, 0.15) is 5.56 Å². The van der Waals surface area contributed by atoms with E-state index in [1.807, 2.05) is 24.3 Å². The fourth-order valence-corrected chi connectivity index (χ4v) is 2.48. The first-order valence-corrected chi connectivity index (χ1v) is 6.33. The van der Waals surface area contributed by atoms with Crippen LogP contribution in [0.15, 0.2) is 84.3 Å². The predicted octanol–water partition coefficient (Wildman–Crippen LogP) is 5.01. The molecule has 0 radical (unpaired) electrons. The highest BCUT2D eigenvalue weighted by Crippen LogP contribution is 2.33. The molecule has 0 heterocycles. The van der Waals surface area contributed by atoms with Crippen molar-refractivity contribution in [3.8, 4) is 0 Å². The van der Waals surface area contributed by atoms with E-state index >= 15 is 0 Å². The second-order valence-corrected chi connectivity index (χ2v) is 4.66. The molecule has 0 aliphatic heterocycles. The summed E-state index contributed by atoms with van der Waals surface area (Å²) in [6.45, 7) is 3.78. The molecule has 0 atom stereocenters. The van der Waals surface area contributed by atoms with Crippen molar-refractivity contribution in [1.82, 2.24) is 0 Å². The lowest BCUT2D eigenvalue weighted by molar-refractivity contribution is 1.47. The molecular formula is C16H14S. The first kappa shape index (κ1) is 11.7. The minimum absolute atomic E-state index is 1.21. The third-order valence-electron chi connectivity index (χ3n) is 2.30. The Morgan fingerprint density at radius 2 is 1.47 bits per heavy atom. The summed E-state index contributed by atoms with van der Waals surface area (Å²) in [5, 5.41) is 0. The maximum atomic E-state index is 3.78. The summed E-state index contributed by atoms with van der Waals surface area (Å²) in [5.41, 5.74) is 1.22. The van der Waals surface area contributed by atoms with Gasteiger partial charge in [-0.05, 0) is 23.8 Å². The van der Waals surface area contributed by atoms with Crippen molar-refractivity contribution in [2.24, 2.45) is 0 Å². The Morgan fingerprint density at radius 1 is 0.882 bits per heavy atom. The van der Waals surface area contributed by atoms with Crippen molar-refractivity contribution in [3.63, 3.8) is 0 Å². The van der Waals surface area contributed by atoms with Crippen LogP contribution >= 0.6 is 11.8 Å². The lowest BCUT2D eigenvalue weighted by Gasteiger charge is -2.06. The van der Waals surface area contributed by atoms with Gasteiger partial charge in [-0.1, -0.05) is 72.9 Å². The molecule has 0 aromatic heterocycles. The third-order valence-corrected chi connectivity index (χ3v) is 3.40. The van der Waals surface area contributed by atoms with Gasteiger partial charge in [0.25, 0.3) is 0 Å². The molecule has 2 aromatic rings. The fraction of sp³-hybridized carbons (Fsp3) is 0. The van der Waals surface area contributed by atoms with Gasteiger partial charge in [-0.15, -0.1) is 0 Å². The monoisotopic (exact) mass is 238 g/mol. The number of thioether (sulfide) groups is 1. The minimum atomic E-state index is 1.21. The van der Waals surface area contributed by atoms with Gasteiger partial charge < -0.3 is 0 Å². The summed E-state index contributed by atoms with van der Waals surface area (Å²) >= 11 is 1.76. The van der Waals surface area contributed by atoms with E-state index in [2.05, 4.69) is 55.1 Å². The van der Waals surface area contributed by atoms with Gasteiger partial charge in [0, 0.05) is 9.80 Å². The fourth-order valence-electron chi connectivity index (χ4n) is 1.51. The van der Waals surface area contributed by atoms with E-state index in [4.69, 9.17) is 0 Å². The van der Waals surface area contributed by atoms with Crippen LogP contribution in [0, 0.1) is 0 Å². The molecule has 0 amide bonds. The molecule has 0 fully saturated rings. The smallest absolute Gasteiger partial charge is 0.0194 e. The SMILES string of the molecule is C=C/C=C(\Sc1ccccc1)c1ccccc1. The molecular weight excluding hydrogens is 224 g/mol. The summed E-state index contributed by atoms with van der Waals surface area (Å²) in [6, 6.07) is 20.7. The molecule has 0 unspecified atom stereocenters. The zero-order valence-electron chi connectivity index (χ0n) is 9.54. The average molecular weight is 238 g/mol. The van der Waals surface area contributed by atoms with Gasteiger partial charge in [-0.2, -0.15) is 0 Å². The Balaban J connectivity index is 2.26. The van der Waals surface area contributed by atoms with Crippen molar-refractivity contribution in [2.75, 3.05) is 0 Å². The van der Waals surface area contributed by atoms with Crippen molar-refractivity contribution in [2.45, 2.75) is 4.90 Å². The number of benzene rings is 2. The van der Waals surface area contributed by atoms with Gasteiger partial charge in [0.1, 0.15) is 0 Å². The predicted molar refractivity (Wildman–Crippen MR) is 76.9 cm³/mol. The Hall–Kier alpha value is -1.73. The number of hydrogen-bond donors (Lipinski definition) is 0. The largest absolute Gasteiger partial charge is 0.0990 e. The second-order valence-electron chi connectivity index (χ2n) is 3.55. The van der Waals surface area contributed by atoms with Crippen molar-refractivity contribution >= 4 is 16.7 Å². The highest BCUT2D eigenvalue weighted by molar-refractivity contribution is 8.08. The molecule has 17 heavy (non-hydrogen) atoms. The topological polar surface area (TPSA) is 0 Å². The van der Waals surface area contributed by atoms with Gasteiger partial charge in [0.05, 0.1) is 0 Å². The van der Waals surface area contributed by atoms with Gasteiger partial charge in [-0.25, -0.2) is 0 Å². The summed E-state index contributed by atoms with van der Waals surface area (Å²) in [4.78, 5) is 2.45. The van der Waals surface area contributed by atoms with Crippen molar-refractivity contribution < 1.29 is 0 Å². The number of rotatable bonds is 4. The first-order chi connectivity index (χ1) is 8.40. The summed E-state index contributed by atoms with van der Waals surface area (Å²) in [5.74, 6) is 0. The van der Waals surface area contributed by atoms with Crippen LogP contribution in [-0.4, -0.2) is 0 Å². The molecule has 0 spiro atoms. The highest BCUT2D eigenvalue weighted by Gasteiger charge is 2.02.